The van der Waals surface area contributed by atoms with Gasteiger partial charge in [0.15, 0.2) is 0 Å². The van der Waals surface area contributed by atoms with Crippen LogP contribution in [0.5, 0.6) is 0 Å². The van der Waals surface area contributed by atoms with Crippen molar-refractivity contribution >= 4 is 39.3 Å². The molecule has 0 aliphatic heterocycles. The molecule has 2 aromatic rings. The van der Waals surface area contributed by atoms with E-state index in [1.165, 1.54) is 0 Å². The van der Waals surface area contributed by atoms with Gasteiger partial charge in [0.25, 0.3) is 5.91 Å². The second-order valence-electron chi connectivity index (χ2n) is 4.23. The number of nitrogens with one attached hydrogen (secondary N) is 1. The van der Waals surface area contributed by atoms with Crippen molar-refractivity contribution in [3.8, 4) is 0 Å². The van der Waals surface area contributed by atoms with Gasteiger partial charge >= 0.3 is 0 Å². The number of aryl methyl sites for hydroxylation is 1. The number of nitrogens with zero attached hydrogens (tertiary/aromatic N) is 2. The monoisotopic (exact) mass is 353 g/mol. The second-order valence-corrected chi connectivity index (χ2v) is 5.54. The number of hydrogen-bond acceptors (Lipinski definition) is 3. The van der Waals surface area contributed by atoms with Crippen molar-refractivity contribution in [1.82, 2.24) is 9.97 Å². The third kappa shape index (κ3) is 4.02. The van der Waals surface area contributed by atoms with E-state index in [9.17, 15) is 4.79 Å². The molecular weight excluding hydrogens is 342 g/mol. The largest absolute Gasteiger partial charge is 0.307 e. The number of carbonyl (C=O) groups is 1. The van der Waals surface area contributed by atoms with E-state index in [2.05, 4.69) is 31.2 Å². The minimum atomic E-state index is -0.253. The maximum absolute atomic E-state index is 12.2. The molecule has 2 heterocycles. The highest BCUT2D eigenvalue weighted by Gasteiger charge is 2.10. The Labute approximate surface area is 130 Å². The molecule has 0 aromatic carbocycles. The molecule has 104 valence electrons. The van der Waals surface area contributed by atoms with Gasteiger partial charge in [0.05, 0.1) is 0 Å². The fourth-order valence-electron chi connectivity index (χ4n) is 1.73. The van der Waals surface area contributed by atoms with Crippen molar-refractivity contribution in [2.24, 2.45) is 0 Å². The number of halogens is 2. The summed E-state index contributed by atoms with van der Waals surface area (Å²) in [6, 6.07) is 6.82. The van der Waals surface area contributed by atoms with E-state index in [0.717, 1.165) is 23.0 Å². The zero-order chi connectivity index (χ0) is 14.5. The Morgan fingerprint density at radius 1 is 1.40 bits per heavy atom. The van der Waals surface area contributed by atoms with E-state index in [4.69, 9.17) is 11.6 Å². The van der Waals surface area contributed by atoms with E-state index in [0.29, 0.717) is 16.5 Å². The molecule has 2 aromatic heterocycles. The van der Waals surface area contributed by atoms with Gasteiger partial charge in [0, 0.05) is 21.9 Å². The highest BCUT2D eigenvalue weighted by molar-refractivity contribution is 9.10. The highest BCUT2D eigenvalue weighted by atomic mass is 79.9. The average molecular weight is 355 g/mol. The molecule has 0 spiro atoms. The summed E-state index contributed by atoms with van der Waals surface area (Å²) in [4.78, 5) is 20.4. The van der Waals surface area contributed by atoms with Crippen molar-refractivity contribution in [2.75, 3.05) is 5.32 Å². The predicted molar refractivity (Wildman–Crippen MR) is 83.1 cm³/mol. The zero-order valence-electron chi connectivity index (χ0n) is 10.9. The fourth-order valence-corrected chi connectivity index (χ4v) is 2.29. The van der Waals surface area contributed by atoms with Crippen LogP contribution in [-0.4, -0.2) is 15.9 Å². The number of carbonyl (C=O) groups excluding carboxylic acids is 1. The smallest absolute Gasteiger partial charge is 0.256 e. The Bertz CT molecular complexity index is 634. The van der Waals surface area contributed by atoms with Crippen molar-refractivity contribution in [1.29, 1.82) is 0 Å². The molecule has 0 bridgehead atoms. The van der Waals surface area contributed by atoms with E-state index in [1.807, 2.05) is 6.92 Å². The van der Waals surface area contributed by atoms with Gasteiger partial charge in [-0.25, -0.2) is 9.97 Å². The molecule has 1 amide bonds. The Morgan fingerprint density at radius 3 is 2.90 bits per heavy atom. The van der Waals surface area contributed by atoms with Gasteiger partial charge in [-0.1, -0.05) is 40.9 Å². The molecular formula is C14H13BrClN3O. The van der Waals surface area contributed by atoms with Gasteiger partial charge < -0.3 is 5.32 Å². The van der Waals surface area contributed by atoms with E-state index >= 15 is 0 Å². The maximum Gasteiger partial charge on any atom is 0.256 e. The number of rotatable bonds is 4. The molecule has 2 rings (SSSR count). The second kappa shape index (κ2) is 6.81. The SMILES string of the molecule is CCCc1cc(C(=O)Nc2cc(Br)ccn2)cc(Cl)n1. The molecule has 20 heavy (non-hydrogen) atoms. The summed E-state index contributed by atoms with van der Waals surface area (Å²) in [5, 5.41) is 3.05. The predicted octanol–water partition coefficient (Wildman–Crippen LogP) is 4.10. The van der Waals surface area contributed by atoms with Crippen LogP contribution in [0, 0.1) is 0 Å². The molecule has 0 unspecified atom stereocenters. The average Bonchev–Trinajstić information content (AvgIpc) is 2.38. The maximum atomic E-state index is 12.2. The van der Waals surface area contributed by atoms with Crippen LogP contribution in [0.2, 0.25) is 5.15 Å². The van der Waals surface area contributed by atoms with Crippen LogP contribution in [-0.2, 0) is 6.42 Å². The molecule has 4 nitrogen and oxygen atoms in total. The first-order chi connectivity index (χ1) is 9.58. The van der Waals surface area contributed by atoms with E-state index < -0.39 is 0 Å². The molecule has 0 saturated carbocycles. The number of anilines is 1. The topological polar surface area (TPSA) is 54.9 Å². The van der Waals surface area contributed by atoms with Crippen LogP contribution >= 0.6 is 27.5 Å². The summed E-state index contributed by atoms with van der Waals surface area (Å²) in [5.41, 5.74) is 1.29. The summed E-state index contributed by atoms with van der Waals surface area (Å²) >= 11 is 9.27. The third-order valence-electron chi connectivity index (χ3n) is 2.58. The quantitative estimate of drug-likeness (QED) is 0.841. The first-order valence-electron chi connectivity index (χ1n) is 6.18. The molecule has 6 heteroatoms. The Morgan fingerprint density at radius 2 is 2.20 bits per heavy atom. The lowest BCUT2D eigenvalue weighted by Crippen LogP contribution is -2.13. The van der Waals surface area contributed by atoms with Crippen LogP contribution in [0.4, 0.5) is 5.82 Å². The minimum Gasteiger partial charge on any atom is -0.307 e. The number of amides is 1. The van der Waals surface area contributed by atoms with Crippen molar-refractivity contribution in [2.45, 2.75) is 19.8 Å². The third-order valence-corrected chi connectivity index (χ3v) is 3.27. The van der Waals surface area contributed by atoms with Crippen LogP contribution in [0.25, 0.3) is 0 Å². The summed E-state index contributed by atoms with van der Waals surface area (Å²) in [6.45, 7) is 2.05. The lowest BCUT2D eigenvalue weighted by atomic mass is 10.1. The van der Waals surface area contributed by atoms with Gasteiger partial charge in [-0.2, -0.15) is 0 Å². The normalized spacial score (nSPS) is 10.3. The van der Waals surface area contributed by atoms with Crippen molar-refractivity contribution < 1.29 is 4.79 Å². The fraction of sp³-hybridized carbons (Fsp3) is 0.214. The number of pyridine rings is 2. The van der Waals surface area contributed by atoms with Crippen molar-refractivity contribution in [3.63, 3.8) is 0 Å². The summed E-state index contributed by atoms with van der Waals surface area (Å²) in [7, 11) is 0. The molecule has 0 atom stereocenters. The first kappa shape index (κ1) is 14.9. The van der Waals surface area contributed by atoms with Crippen LogP contribution < -0.4 is 5.32 Å². The van der Waals surface area contributed by atoms with Crippen LogP contribution in [0.3, 0.4) is 0 Å². The molecule has 0 saturated heterocycles. The molecule has 0 aliphatic carbocycles. The first-order valence-corrected chi connectivity index (χ1v) is 7.35. The Balaban J connectivity index is 2.20. The summed E-state index contributed by atoms with van der Waals surface area (Å²) < 4.78 is 0.849. The zero-order valence-corrected chi connectivity index (χ0v) is 13.2. The standard InChI is InChI=1S/C14H13BrClN3O/c1-2-3-11-6-9(7-12(16)18-11)14(20)19-13-8-10(15)4-5-17-13/h4-8H,2-3H2,1H3,(H,17,19,20). The van der Waals surface area contributed by atoms with Crippen LogP contribution in [0.1, 0.15) is 29.4 Å². The number of aromatic nitrogens is 2. The van der Waals surface area contributed by atoms with Crippen LogP contribution in [0.15, 0.2) is 34.9 Å². The van der Waals surface area contributed by atoms with Gasteiger partial charge in [-0.3, -0.25) is 4.79 Å². The lowest BCUT2D eigenvalue weighted by Gasteiger charge is -2.07. The van der Waals surface area contributed by atoms with Gasteiger partial charge in [-0.05, 0) is 30.7 Å². The van der Waals surface area contributed by atoms with Gasteiger partial charge in [0.2, 0.25) is 0 Å². The number of hydrogen-bond donors (Lipinski definition) is 1. The van der Waals surface area contributed by atoms with E-state index in [-0.39, 0.29) is 5.91 Å². The molecule has 0 radical (unpaired) electrons. The highest BCUT2D eigenvalue weighted by Crippen LogP contribution is 2.16. The molecule has 1 N–H and O–H groups in total. The summed E-state index contributed by atoms with van der Waals surface area (Å²) in [5.74, 6) is 0.228. The van der Waals surface area contributed by atoms with Crippen molar-refractivity contribution in [3.05, 3.63) is 51.3 Å². The molecule has 0 fully saturated rings. The minimum absolute atomic E-state index is 0.253. The van der Waals surface area contributed by atoms with Gasteiger partial charge in [-0.15, -0.1) is 0 Å². The Kier molecular flexibility index (Phi) is 5.09. The lowest BCUT2D eigenvalue weighted by molar-refractivity contribution is 0.102. The summed E-state index contributed by atoms with van der Waals surface area (Å²) in [6.07, 6.45) is 3.35. The van der Waals surface area contributed by atoms with E-state index in [1.54, 1.807) is 30.5 Å². The molecule has 0 aliphatic rings. The Hall–Kier alpha value is -1.46. The van der Waals surface area contributed by atoms with Gasteiger partial charge in [0.1, 0.15) is 11.0 Å².